The van der Waals surface area contributed by atoms with Crippen LogP contribution in [0.25, 0.3) is 0 Å². The van der Waals surface area contributed by atoms with Crippen LogP contribution in [-0.4, -0.2) is 86.5 Å². The Morgan fingerprint density at radius 2 is 1.63 bits per heavy atom. The molecular weight excluding hydrogens is 502 g/mol. The molecule has 0 saturated carbocycles. The number of aromatic hydroxyl groups is 1. The average Bonchev–Trinajstić information content (AvgIpc) is 3.35. The van der Waals surface area contributed by atoms with Gasteiger partial charge < -0.3 is 42.3 Å². The third-order valence-electron chi connectivity index (χ3n) is 6.13. The van der Waals surface area contributed by atoms with E-state index in [-0.39, 0.29) is 50.8 Å². The highest BCUT2D eigenvalue weighted by molar-refractivity contribution is 5.94. The first kappa shape index (κ1) is 30.0. The SMILES string of the molecule is NC(=O)CCC(NC(=O)C1CCCN1C(=O)C(N)CCC(=O)O)C(=O)NC(Cc1ccc(O)cc1)C(=O)O. The molecule has 4 amide bonds. The van der Waals surface area contributed by atoms with Gasteiger partial charge in [-0.25, -0.2) is 4.79 Å². The average molecular weight is 536 g/mol. The van der Waals surface area contributed by atoms with Gasteiger partial charge in [-0.1, -0.05) is 12.1 Å². The second-order valence-electron chi connectivity index (χ2n) is 9.06. The third kappa shape index (κ3) is 9.03. The highest BCUT2D eigenvalue weighted by Crippen LogP contribution is 2.20. The maximum Gasteiger partial charge on any atom is 0.326 e. The van der Waals surface area contributed by atoms with Gasteiger partial charge in [0.25, 0.3) is 0 Å². The number of carbonyl (C=O) groups excluding carboxylic acids is 4. The van der Waals surface area contributed by atoms with Crippen molar-refractivity contribution in [3.8, 4) is 5.75 Å². The Bertz CT molecular complexity index is 1050. The summed E-state index contributed by atoms with van der Waals surface area (Å²) >= 11 is 0. The molecule has 14 nitrogen and oxygen atoms in total. The van der Waals surface area contributed by atoms with Crippen LogP contribution in [0.1, 0.15) is 44.1 Å². The number of phenolic OH excluding ortho intramolecular Hbond substituents is 1. The number of rotatable bonds is 14. The van der Waals surface area contributed by atoms with Gasteiger partial charge >= 0.3 is 11.9 Å². The van der Waals surface area contributed by atoms with Gasteiger partial charge in [-0.3, -0.25) is 24.0 Å². The van der Waals surface area contributed by atoms with Crippen molar-refractivity contribution in [3.05, 3.63) is 29.8 Å². The molecule has 1 saturated heterocycles. The molecule has 2 rings (SSSR count). The smallest absolute Gasteiger partial charge is 0.326 e. The van der Waals surface area contributed by atoms with Crippen LogP contribution in [0.4, 0.5) is 0 Å². The number of likely N-dealkylation sites (tertiary alicyclic amines) is 1. The molecule has 1 heterocycles. The number of carboxylic acid groups (broad SMARTS) is 2. The zero-order valence-electron chi connectivity index (χ0n) is 20.7. The fourth-order valence-corrected chi connectivity index (χ4v) is 4.08. The molecule has 1 fully saturated rings. The van der Waals surface area contributed by atoms with Crippen molar-refractivity contribution in [3.63, 3.8) is 0 Å². The maximum absolute atomic E-state index is 13.1. The topological polar surface area (TPSA) is 242 Å². The van der Waals surface area contributed by atoms with Gasteiger partial charge in [0.15, 0.2) is 0 Å². The van der Waals surface area contributed by atoms with Gasteiger partial charge in [0.2, 0.25) is 23.6 Å². The van der Waals surface area contributed by atoms with E-state index in [0.717, 1.165) is 0 Å². The van der Waals surface area contributed by atoms with E-state index in [9.17, 15) is 39.0 Å². The number of phenols is 1. The van der Waals surface area contributed by atoms with E-state index >= 15 is 0 Å². The van der Waals surface area contributed by atoms with E-state index in [1.54, 1.807) is 0 Å². The number of benzene rings is 1. The number of nitrogens with one attached hydrogen (secondary N) is 2. The molecule has 1 aliphatic rings. The number of carbonyl (C=O) groups is 6. The van der Waals surface area contributed by atoms with Gasteiger partial charge in [-0.2, -0.15) is 0 Å². The van der Waals surface area contributed by atoms with E-state index in [1.807, 2.05) is 0 Å². The fraction of sp³-hybridized carbons (Fsp3) is 0.500. The number of primary amides is 1. The predicted molar refractivity (Wildman–Crippen MR) is 131 cm³/mol. The van der Waals surface area contributed by atoms with Crippen LogP contribution in [0.2, 0.25) is 0 Å². The summed E-state index contributed by atoms with van der Waals surface area (Å²) in [5, 5.41) is 32.7. The number of hydrogen-bond donors (Lipinski definition) is 7. The predicted octanol–water partition coefficient (Wildman–Crippen LogP) is -1.56. The highest BCUT2D eigenvalue weighted by Gasteiger charge is 2.38. The first-order valence-electron chi connectivity index (χ1n) is 12.1. The zero-order chi connectivity index (χ0) is 28.4. The molecule has 0 aliphatic carbocycles. The maximum atomic E-state index is 13.1. The van der Waals surface area contributed by atoms with E-state index in [4.69, 9.17) is 16.6 Å². The lowest BCUT2D eigenvalue weighted by Gasteiger charge is -2.28. The second kappa shape index (κ2) is 13.9. The minimum absolute atomic E-state index is 0.0128. The number of carboxylic acids is 2. The van der Waals surface area contributed by atoms with E-state index in [2.05, 4.69) is 10.6 Å². The first-order chi connectivity index (χ1) is 17.9. The lowest BCUT2D eigenvalue weighted by molar-refractivity contribution is -0.143. The van der Waals surface area contributed by atoms with Crippen molar-refractivity contribution in [1.82, 2.24) is 15.5 Å². The van der Waals surface area contributed by atoms with Gasteiger partial charge in [0, 0.05) is 25.8 Å². The number of aliphatic carboxylic acids is 2. The van der Waals surface area contributed by atoms with Crippen molar-refractivity contribution in [2.75, 3.05) is 6.54 Å². The third-order valence-corrected chi connectivity index (χ3v) is 6.13. The van der Waals surface area contributed by atoms with Crippen molar-refractivity contribution >= 4 is 35.6 Å². The highest BCUT2D eigenvalue weighted by atomic mass is 16.4. The summed E-state index contributed by atoms with van der Waals surface area (Å²) in [5.74, 6) is -5.36. The van der Waals surface area contributed by atoms with Gasteiger partial charge in [0.05, 0.1) is 6.04 Å². The molecule has 4 atom stereocenters. The summed E-state index contributed by atoms with van der Waals surface area (Å²) in [4.78, 5) is 74.0. The quantitative estimate of drug-likeness (QED) is 0.144. The standard InChI is InChI=1S/C24H33N5O9/c25-15(7-10-20(32)33)23(36)29-11-1-2-18(29)22(35)27-16(8-9-19(26)31)21(34)28-17(24(37)38)12-13-3-5-14(30)6-4-13/h3-6,15-18,30H,1-2,7-12,25H2,(H2,26,31)(H,27,35)(H,28,34)(H,32,33)(H,37,38). The Balaban J connectivity index is 2.12. The van der Waals surface area contributed by atoms with Crippen LogP contribution in [0.3, 0.4) is 0 Å². The second-order valence-corrected chi connectivity index (χ2v) is 9.06. The van der Waals surface area contributed by atoms with Crippen LogP contribution in [-0.2, 0) is 35.2 Å². The molecule has 4 unspecified atom stereocenters. The number of nitrogens with zero attached hydrogens (tertiary/aromatic N) is 1. The molecule has 0 bridgehead atoms. The summed E-state index contributed by atoms with van der Waals surface area (Å²) < 4.78 is 0. The summed E-state index contributed by atoms with van der Waals surface area (Å²) in [5.41, 5.74) is 11.5. The normalized spacial score (nSPS) is 17.2. The Kier molecular flexibility index (Phi) is 11.0. The van der Waals surface area contributed by atoms with Gasteiger partial charge in [0.1, 0.15) is 23.9 Å². The molecule has 1 aromatic rings. The lowest BCUT2D eigenvalue weighted by atomic mass is 10.0. The fourth-order valence-electron chi connectivity index (χ4n) is 4.08. The lowest BCUT2D eigenvalue weighted by Crippen LogP contribution is -2.57. The van der Waals surface area contributed by atoms with Crippen molar-refractivity contribution in [2.24, 2.45) is 11.5 Å². The molecule has 1 aliphatic heterocycles. The Morgan fingerprint density at radius 3 is 2.21 bits per heavy atom. The molecule has 38 heavy (non-hydrogen) atoms. The molecule has 0 spiro atoms. The van der Waals surface area contributed by atoms with Crippen LogP contribution >= 0.6 is 0 Å². The van der Waals surface area contributed by atoms with E-state index in [0.29, 0.717) is 12.0 Å². The Labute approximate surface area is 218 Å². The minimum Gasteiger partial charge on any atom is -0.508 e. The van der Waals surface area contributed by atoms with Crippen molar-refractivity contribution < 1.29 is 44.1 Å². The molecule has 208 valence electrons. The van der Waals surface area contributed by atoms with Crippen LogP contribution in [0.15, 0.2) is 24.3 Å². The Hall–Kier alpha value is -4.20. The molecule has 9 N–H and O–H groups in total. The Morgan fingerprint density at radius 1 is 0.974 bits per heavy atom. The monoisotopic (exact) mass is 535 g/mol. The number of nitrogens with two attached hydrogens (primary N) is 2. The number of hydrogen-bond acceptors (Lipinski definition) is 8. The van der Waals surface area contributed by atoms with Crippen molar-refractivity contribution in [1.29, 1.82) is 0 Å². The van der Waals surface area contributed by atoms with E-state index < -0.39 is 59.7 Å². The minimum atomic E-state index is -1.38. The summed E-state index contributed by atoms with van der Waals surface area (Å²) in [6, 6.07) is 0.932. The zero-order valence-corrected chi connectivity index (χ0v) is 20.7. The summed E-state index contributed by atoms with van der Waals surface area (Å²) in [6.45, 7) is 0.212. The molecule has 0 aromatic heterocycles. The van der Waals surface area contributed by atoms with Crippen LogP contribution < -0.4 is 22.1 Å². The molecule has 1 aromatic carbocycles. The van der Waals surface area contributed by atoms with Crippen LogP contribution in [0, 0.1) is 0 Å². The van der Waals surface area contributed by atoms with Crippen LogP contribution in [0.5, 0.6) is 5.75 Å². The summed E-state index contributed by atoms with van der Waals surface area (Å²) in [6.07, 6.45) is -0.287. The molecular formula is C24H33N5O9. The largest absolute Gasteiger partial charge is 0.508 e. The van der Waals surface area contributed by atoms with Crippen molar-refractivity contribution in [2.45, 2.75) is 69.1 Å². The van der Waals surface area contributed by atoms with E-state index in [1.165, 1.54) is 29.2 Å². The van der Waals surface area contributed by atoms with Gasteiger partial charge in [-0.15, -0.1) is 0 Å². The number of amides is 4. The first-order valence-corrected chi connectivity index (χ1v) is 12.1. The molecule has 0 radical (unpaired) electrons. The van der Waals surface area contributed by atoms with Gasteiger partial charge in [-0.05, 0) is 43.4 Å². The summed E-state index contributed by atoms with van der Waals surface area (Å²) in [7, 11) is 0. The molecule has 14 heteroatoms.